The molecule has 230 valence electrons. The van der Waals surface area contributed by atoms with Gasteiger partial charge in [0.1, 0.15) is 17.2 Å². The lowest BCUT2D eigenvalue weighted by Crippen LogP contribution is -2.42. The van der Waals surface area contributed by atoms with Gasteiger partial charge in [0.2, 0.25) is 5.91 Å². The second kappa shape index (κ2) is 11.0. The SMILES string of the molecule is CC(=O)N1CC[C@@H](n2c(O[C@H]3C[C@@H](C(O)O)N(c4nc(C(F)F)nc5c4oc4ccccc45)C3)nc3ccccc32)[C@H](C)C1. The van der Waals surface area contributed by atoms with Crippen LogP contribution in [0.2, 0.25) is 0 Å². The van der Waals surface area contributed by atoms with E-state index in [0.29, 0.717) is 36.5 Å². The van der Waals surface area contributed by atoms with Crippen LogP contribution in [0.3, 0.4) is 0 Å². The number of fused-ring (bicyclic) bond motifs is 4. The maximum Gasteiger partial charge on any atom is 0.297 e. The first-order valence-corrected chi connectivity index (χ1v) is 14.7. The number of alkyl halides is 2. The molecule has 7 rings (SSSR count). The average molecular weight is 607 g/mol. The molecule has 5 aromatic rings. The predicted octanol–water partition coefficient (Wildman–Crippen LogP) is 4.43. The Balaban J connectivity index is 1.26. The number of carbonyl (C=O) groups is 1. The van der Waals surface area contributed by atoms with Crippen molar-refractivity contribution in [2.24, 2.45) is 5.92 Å². The number of aliphatic hydroxyl groups is 2. The number of imidazole rings is 1. The van der Waals surface area contributed by atoms with E-state index in [1.807, 2.05) is 29.2 Å². The van der Waals surface area contributed by atoms with Gasteiger partial charge >= 0.3 is 0 Å². The van der Waals surface area contributed by atoms with Gasteiger partial charge in [0.15, 0.2) is 23.5 Å². The van der Waals surface area contributed by atoms with Gasteiger partial charge in [0.25, 0.3) is 12.4 Å². The van der Waals surface area contributed by atoms with Crippen molar-refractivity contribution in [2.75, 3.05) is 24.5 Å². The number of hydrogen-bond acceptors (Lipinski definition) is 9. The molecule has 0 saturated carbocycles. The smallest absolute Gasteiger partial charge is 0.297 e. The third kappa shape index (κ3) is 4.80. The second-order valence-corrected chi connectivity index (χ2v) is 11.6. The summed E-state index contributed by atoms with van der Waals surface area (Å²) in [6.07, 6.45) is -4.48. The number of ether oxygens (including phenoxy) is 1. The minimum absolute atomic E-state index is 0.00960. The van der Waals surface area contributed by atoms with Crippen LogP contribution in [-0.4, -0.2) is 78.6 Å². The maximum absolute atomic E-state index is 14.0. The van der Waals surface area contributed by atoms with E-state index in [0.717, 1.165) is 11.0 Å². The number of aliphatic hydroxyl groups excluding tert-OH is 1. The number of anilines is 1. The molecule has 11 nitrogen and oxygen atoms in total. The fourth-order valence-corrected chi connectivity index (χ4v) is 6.70. The van der Waals surface area contributed by atoms with Gasteiger partial charge in [-0.1, -0.05) is 31.2 Å². The van der Waals surface area contributed by atoms with Gasteiger partial charge < -0.3 is 29.2 Å². The van der Waals surface area contributed by atoms with Gasteiger partial charge in [-0.15, -0.1) is 0 Å². The zero-order valence-electron chi connectivity index (χ0n) is 24.2. The number of para-hydroxylation sites is 3. The van der Waals surface area contributed by atoms with Crippen molar-refractivity contribution >= 4 is 44.8 Å². The van der Waals surface area contributed by atoms with Crippen LogP contribution in [0.5, 0.6) is 6.01 Å². The summed E-state index contributed by atoms with van der Waals surface area (Å²) in [6, 6.07) is 14.1. The Kier molecular flexibility index (Phi) is 7.08. The van der Waals surface area contributed by atoms with E-state index in [1.165, 1.54) is 0 Å². The monoisotopic (exact) mass is 606 g/mol. The molecular weight excluding hydrogens is 574 g/mol. The molecule has 2 fully saturated rings. The number of halogens is 2. The Morgan fingerprint density at radius 1 is 1.07 bits per heavy atom. The van der Waals surface area contributed by atoms with E-state index in [1.54, 1.807) is 36.1 Å². The first kappa shape index (κ1) is 28.4. The van der Waals surface area contributed by atoms with Crippen molar-refractivity contribution in [3.63, 3.8) is 0 Å². The molecule has 2 N–H and O–H groups in total. The number of likely N-dealkylation sites (tertiary alicyclic amines) is 1. The van der Waals surface area contributed by atoms with Crippen molar-refractivity contribution in [1.29, 1.82) is 0 Å². The first-order valence-electron chi connectivity index (χ1n) is 14.7. The summed E-state index contributed by atoms with van der Waals surface area (Å²) in [4.78, 5) is 28.5. The average Bonchev–Trinajstić information content (AvgIpc) is 3.70. The number of furan rings is 1. The highest BCUT2D eigenvalue weighted by Gasteiger charge is 2.41. The summed E-state index contributed by atoms with van der Waals surface area (Å²) in [7, 11) is 0. The van der Waals surface area contributed by atoms with Gasteiger partial charge in [-0.05, 0) is 36.6 Å². The molecule has 0 unspecified atom stereocenters. The summed E-state index contributed by atoms with van der Waals surface area (Å²) in [5.41, 5.74) is 2.50. The van der Waals surface area contributed by atoms with Crippen LogP contribution in [0, 0.1) is 5.92 Å². The topological polar surface area (TPSA) is 130 Å². The summed E-state index contributed by atoms with van der Waals surface area (Å²) in [6.45, 7) is 5.00. The second-order valence-electron chi connectivity index (χ2n) is 11.6. The summed E-state index contributed by atoms with van der Waals surface area (Å²) in [5.74, 6) is -0.471. The molecule has 2 aromatic carbocycles. The van der Waals surface area contributed by atoms with E-state index in [-0.39, 0.29) is 47.8 Å². The number of piperidine rings is 1. The Bertz CT molecular complexity index is 1860. The van der Waals surface area contributed by atoms with Crippen molar-refractivity contribution in [3.8, 4) is 6.01 Å². The molecule has 0 aliphatic carbocycles. The number of rotatable bonds is 6. The van der Waals surface area contributed by atoms with Crippen molar-refractivity contribution in [1.82, 2.24) is 24.4 Å². The maximum atomic E-state index is 14.0. The van der Waals surface area contributed by atoms with Gasteiger partial charge in [0, 0.05) is 37.9 Å². The minimum Gasteiger partial charge on any atom is -0.459 e. The quantitative estimate of drug-likeness (QED) is 0.270. The fraction of sp³-hybridized carbons (Fsp3) is 0.419. The lowest BCUT2D eigenvalue weighted by molar-refractivity contribution is -0.131. The van der Waals surface area contributed by atoms with Crippen molar-refractivity contribution in [3.05, 3.63) is 54.4 Å². The lowest BCUT2D eigenvalue weighted by Gasteiger charge is -2.37. The van der Waals surface area contributed by atoms with E-state index >= 15 is 0 Å². The minimum atomic E-state index is -2.95. The number of carbonyl (C=O) groups excluding carboxylic acids is 1. The Morgan fingerprint density at radius 3 is 2.59 bits per heavy atom. The Hall–Kier alpha value is -4.36. The summed E-state index contributed by atoms with van der Waals surface area (Å²) < 4.78 is 42.6. The molecule has 0 bridgehead atoms. The van der Waals surface area contributed by atoms with E-state index in [4.69, 9.17) is 14.1 Å². The molecule has 2 saturated heterocycles. The van der Waals surface area contributed by atoms with Crippen LogP contribution < -0.4 is 9.64 Å². The molecular formula is C31H32F2N6O5. The highest BCUT2D eigenvalue weighted by atomic mass is 19.3. The fourth-order valence-electron chi connectivity index (χ4n) is 6.70. The number of nitrogens with zero attached hydrogens (tertiary/aromatic N) is 6. The van der Waals surface area contributed by atoms with E-state index < -0.39 is 30.7 Å². The van der Waals surface area contributed by atoms with E-state index in [9.17, 15) is 23.8 Å². The van der Waals surface area contributed by atoms with Crippen LogP contribution in [-0.2, 0) is 4.79 Å². The highest BCUT2D eigenvalue weighted by Crippen LogP contribution is 2.40. The first-order chi connectivity index (χ1) is 21.2. The molecule has 44 heavy (non-hydrogen) atoms. The molecule has 13 heteroatoms. The lowest BCUT2D eigenvalue weighted by atomic mass is 9.93. The normalized spacial score (nSPS) is 22.7. The molecule has 5 heterocycles. The zero-order chi connectivity index (χ0) is 30.7. The zero-order valence-corrected chi connectivity index (χ0v) is 24.2. The van der Waals surface area contributed by atoms with Gasteiger partial charge in [0.05, 0.1) is 23.6 Å². The molecule has 0 radical (unpaired) electrons. The standard InChI is InChI=1S/C31H32F2N6O5/c1-16-14-37(17(2)40)12-11-21(16)39-22-9-5-4-8-20(22)34-31(39)43-18-13-23(30(41)42)38(15-18)29-26-25(35-28(36-29)27(32)33)19-7-3-6-10-24(19)44-26/h3-10,16,18,21,23,27,30,41-42H,11-15H2,1-2H3/t16-,18+,21-,23+/m1/s1. The Morgan fingerprint density at radius 2 is 1.84 bits per heavy atom. The molecule has 2 aliphatic heterocycles. The molecule has 0 spiro atoms. The van der Waals surface area contributed by atoms with Gasteiger partial charge in [-0.3, -0.25) is 9.36 Å². The van der Waals surface area contributed by atoms with Crippen LogP contribution in [0.1, 0.15) is 45.0 Å². The molecule has 1 amide bonds. The molecule has 2 aliphatic rings. The predicted molar refractivity (Wildman–Crippen MR) is 157 cm³/mol. The summed E-state index contributed by atoms with van der Waals surface area (Å²) in [5, 5.41) is 21.4. The summed E-state index contributed by atoms with van der Waals surface area (Å²) >= 11 is 0. The highest BCUT2D eigenvalue weighted by molar-refractivity contribution is 6.05. The largest absolute Gasteiger partial charge is 0.459 e. The van der Waals surface area contributed by atoms with Crippen molar-refractivity contribution < 1.29 is 32.9 Å². The Labute approximate surface area is 250 Å². The van der Waals surface area contributed by atoms with E-state index in [2.05, 4.69) is 21.5 Å². The number of amides is 1. The van der Waals surface area contributed by atoms with Crippen molar-refractivity contribution in [2.45, 2.75) is 57.6 Å². The van der Waals surface area contributed by atoms with Crippen LogP contribution in [0.15, 0.2) is 52.9 Å². The third-order valence-corrected chi connectivity index (χ3v) is 8.81. The van der Waals surface area contributed by atoms with Gasteiger partial charge in [-0.25, -0.2) is 18.7 Å². The van der Waals surface area contributed by atoms with Crippen LogP contribution in [0.4, 0.5) is 14.6 Å². The third-order valence-electron chi connectivity index (χ3n) is 8.81. The number of benzene rings is 2. The van der Waals surface area contributed by atoms with Gasteiger partial charge in [-0.2, -0.15) is 4.98 Å². The molecule has 3 aromatic heterocycles. The number of hydrogen-bond donors (Lipinski definition) is 2. The van der Waals surface area contributed by atoms with Crippen LogP contribution in [0.25, 0.3) is 33.1 Å². The number of aromatic nitrogens is 4. The molecule has 4 atom stereocenters. The van der Waals surface area contributed by atoms with Crippen LogP contribution >= 0.6 is 0 Å².